The van der Waals surface area contributed by atoms with Gasteiger partial charge in [0.05, 0.1) is 13.2 Å². The fourth-order valence-corrected chi connectivity index (χ4v) is 4.18. The van der Waals surface area contributed by atoms with Crippen LogP contribution in [0.2, 0.25) is 0 Å². The highest BCUT2D eigenvalue weighted by atomic mass is 32.1. The van der Waals surface area contributed by atoms with Crippen LogP contribution in [-0.2, 0) is 11.2 Å². The van der Waals surface area contributed by atoms with Gasteiger partial charge in [0.15, 0.2) is 0 Å². The number of amides is 2. The van der Waals surface area contributed by atoms with Crippen LogP contribution in [0.25, 0.3) is 6.08 Å². The van der Waals surface area contributed by atoms with Crippen molar-refractivity contribution in [3.05, 3.63) is 93.3 Å². The number of thiophene rings is 1. The van der Waals surface area contributed by atoms with Crippen molar-refractivity contribution in [2.75, 3.05) is 19.8 Å². The standard InChI is InChI=1S/C27H28N2O4S/c30-15-14-28-27(32)25(18-19-3-5-20(6-4-19)21-7-8-21)29-26(31)22-9-11-23(12-10-22)33-16-13-24-2-1-17-34-24/h1-6,9-12,17-18,21,30H,7-8,13-16H2,(H,28,32)(H,29,31). The second kappa shape index (κ2) is 11.6. The van der Waals surface area contributed by atoms with E-state index in [-0.39, 0.29) is 18.8 Å². The zero-order valence-corrected chi connectivity index (χ0v) is 19.6. The predicted octanol–water partition coefficient (Wildman–Crippen LogP) is 4.13. The summed E-state index contributed by atoms with van der Waals surface area (Å²) in [6.07, 6.45) is 4.92. The number of carbonyl (C=O) groups excluding carboxylic acids is 2. The van der Waals surface area contributed by atoms with Gasteiger partial charge in [0.2, 0.25) is 0 Å². The third-order valence-corrected chi connectivity index (χ3v) is 6.44. The Morgan fingerprint density at radius 2 is 1.82 bits per heavy atom. The van der Waals surface area contributed by atoms with Crippen LogP contribution >= 0.6 is 11.3 Å². The molecule has 6 nitrogen and oxygen atoms in total. The van der Waals surface area contributed by atoms with Crippen LogP contribution in [0, 0.1) is 0 Å². The summed E-state index contributed by atoms with van der Waals surface area (Å²) >= 11 is 1.70. The van der Waals surface area contributed by atoms with Gasteiger partial charge in [0.25, 0.3) is 11.8 Å². The van der Waals surface area contributed by atoms with Crippen LogP contribution in [0.1, 0.15) is 45.1 Å². The monoisotopic (exact) mass is 476 g/mol. The first kappa shape index (κ1) is 23.7. The molecular weight excluding hydrogens is 448 g/mol. The van der Waals surface area contributed by atoms with Crippen LogP contribution in [0.15, 0.2) is 71.7 Å². The average molecular weight is 477 g/mol. The number of ether oxygens (including phenoxy) is 1. The molecule has 3 aromatic rings. The summed E-state index contributed by atoms with van der Waals surface area (Å²) in [5, 5.41) is 16.4. The first-order chi connectivity index (χ1) is 16.6. The molecule has 1 aliphatic rings. The fraction of sp³-hybridized carbons (Fsp3) is 0.259. The molecule has 2 amide bonds. The normalized spacial score (nSPS) is 13.4. The van der Waals surface area contributed by atoms with Gasteiger partial charge in [0.1, 0.15) is 11.4 Å². The van der Waals surface area contributed by atoms with Gasteiger partial charge in [-0.25, -0.2) is 0 Å². The number of hydrogen-bond donors (Lipinski definition) is 3. The molecule has 1 saturated carbocycles. The third kappa shape index (κ3) is 6.79. The van der Waals surface area contributed by atoms with Crippen LogP contribution in [0.4, 0.5) is 0 Å². The molecule has 176 valence electrons. The van der Waals surface area contributed by atoms with Crippen molar-refractivity contribution < 1.29 is 19.4 Å². The van der Waals surface area contributed by atoms with Crippen molar-refractivity contribution in [1.29, 1.82) is 0 Å². The van der Waals surface area contributed by atoms with E-state index in [0.29, 0.717) is 23.8 Å². The van der Waals surface area contributed by atoms with Crippen molar-refractivity contribution in [2.45, 2.75) is 25.2 Å². The molecule has 1 heterocycles. The van der Waals surface area contributed by atoms with E-state index in [1.54, 1.807) is 41.7 Å². The van der Waals surface area contributed by atoms with Crippen LogP contribution in [-0.4, -0.2) is 36.7 Å². The van der Waals surface area contributed by atoms with Gasteiger partial charge in [0, 0.05) is 23.4 Å². The van der Waals surface area contributed by atoms with Crippen molar-refractivity contribution in [3.8, 4) is 5.75 Å². The molecule has 0 radical (unpaired) electrons. The number of rotatable bonds is 11. The Kier molecular flexibility index (Phi) is 8.12. The molecule has 34 heavy (non-hydrogen) atoms. The number of benzene rings is 2. The first-order valence-electron chi connectivity index (χ1n) is 11.4. The lowest BCUT2D eigenvalue weighted by molar-refractivity contribution is -0.117. The molecule has 0 saturated heterocycles. The van der Waals surface area contributed by atoms with Gasteiger partial charge in [-0.15, -0.1) is 11.3 Å². The number of aliphatic hydroxyl groups is 1. The molecule has 0 aliphatic heterocycles. The van der Waals surface area contributed by atoms with E-state index >= 15 is 0 Å². The molecule has 0 spiro atoms. The highest BCUT2D eigenvalue weighted by Gasteiger charge is 2.23. The van der Waals surface area contributed by atoms with Crippen molar-refractivity contribution in [1.82, 2.24) is 10.6 Å². The molecule has 1 aliphatic carbocycles. The van der Waals surface area contributed by atoms with E-state index in [0.717, 1.165) is 12.0 Å². The molecule has 7 heteroatoms. The fourth-order valence-electron chi connectivity index (χ4n) is 3.49. The second-order valence-corrected chi connectivity index (χ2v) is 9.17. The van der Waals surface area contributed by atoms with Gasteiger partial charge in [-0.05, 0) is 71.7 Å². The quantitative estimate of drug-likeness (QED) is 0.363. The molecule has 0 unspecified atom stereocenters. The Bertz CT molecular complexity index is 1120. The van der Waals surface area contributed by atoms with E-state index in [9.17, 15) is 9.59 Å². The molecular formula is C27H28N2O4S. The van der Waals surface area contributed by atoms with Crippen LogP contribution in [0.5, 0.6) is 5.75 Å². The minimum atomic E-state index is -0.456. The van der Waals surface area contributed by atoms with Gasteiger partial charge in [-0.1, -0.05) is 30.3 Å². The third-order valence-electron chi connectivity index (χ3n) is 5.50. The minimum absolute atomic E-state index is 0.101. The van der Waals surface area contributed by atoms with Crippen LogP contribution in [0.3, 0.4) is 0 Å². The molecule has 1 aromatic heterocycles. The van der Waals surface area contributed by atoms with Gasteiger partial charge < -0.3 is 20.5 Å². The molecule has 1 fully saturated rings. The maximum atomic E-state index is 12.8. The Balaban J connectivity index is 1.40. The van der Waals surface area contributed by atoms with E-state index in [2.05, 4.69) is 28.8 Å². The molecule has 2 aromatic carbocycles. The zero-order valence-electron chi connectivity index (χ0n) is 18.8. The lowest BCUT2D eigenvalue weighted by Gasteiger charge is -2.11. The van der Waals surface area contributed by atoms with E-state index in [1.165, 1.54) is 23.3 Å². The summed E-state index contributed by atoms with van der Waals surface area (Å²) in [6.45, 7) is 0.477. The molecule has 0 atom stereocenters. The van der Waals surface area contributed by atoms with Gasteiger partial charge in [-0.3, -0.25) is 9.59 Å². The lowest BCUT2D eigenvalue weighted by atomic mass is 10.1. The smallest absolute Gasteiger partial charge is 0.267 e. The van der Waals surface area contributed by atoms with Crippen molar-refractivity contribution >= 4 is 29.2 Å². The van der Waals surface area contributed by atoms with E-state index in [1.807, 2.05) is 23.6 Å². The van der Waals surface area contributed by atoms with E-state index < -0.39 is 11.8 Å². The van der Waals surface area contributed by atoms with Crippen molar-refractivity contribution in [3.63, 3.8) is 0 Å². The van der Waals surface area contributed by atoms with Crippen molar-refractivity contribution in [2.24, 2.45) is 0 Å². The summed E-state index contributed by atoms with van der Waals surface area (Å²) in [6, 6.07) is 18.9. The summed E-state index contributed by atoms with van der Waals surface area (Å²) < 4.78 is 5.76. The Labute approximate surface area is 203 Å². The van der Waals surface area contributed by atoms with Gasteiger partial charge >= 0.3 is 0 Å². The van der Waals surface area contributed by atoms with Crippen LogP contribution < -0.4 is 15.4 Å². The maximum absolute atomic E-state index is 12.8. The van der Waals surface area contributed by atoms with E-state index in [4.69, 9.17) is 9.84 Å². The molecule has 0 bridgehead atoms. The predicted molar refractivity (Wildman–Crippen MR) is 134 cm³/mol. The summed E-state index contributed by atoms with van der Waals surface area (Å²) in [4.78, 5) is 26.7. The lowest BCUT2D eigenvalue weighted by Crippen LogP contribution is -2.36. The SMILES string of the molecule is O=C(NCCO)C(=Cc1ccc(C2CC2)cc1)NC(=O)c1ccc(OCCc2cccs2)cc1. The largest absolute Gasteiger partial charge is 0.493 e. The van der Waals surface area contributed by atoms with Gasteiger partial charge in [-0.2, -0.15) is 0 Å². The topological polar surface area (TPSA) is 87.7 Å². The Hall–Kier alpha value is -3.42. The minimum Gasteiger partial charge on any atom is -0.493 e. The first-order valence-corrected chi connectivity index (χ1v) is 12.3. The number of aliphatic hydroxyl groups excluding tert-OH is 1. The summed E-state index contributed by atoms with van der Waals surface area (Å²) in [5.74, 6) is 0.473. The maximum Gasteiger partial charge on any atom is 0.267 e. The summed E-state index contributed by atoms with van der Waals surface area (Å²) in [5.41, 5.74) is 2.64. The highest BCUT2D eigenvalue weighted by Crippen LogP contribution is 2.39. The second-order valence-electron chi connectivity index (χ2n) is 8.13. The summed E-state index contributed by atoms with van der Waals surface area (Å²) in [7, 11) is 0. The Morgan fingerprint density at radius 3 is 2.47 bits per heavy atom. The highest BCUT2D eigenvalue weighted by molar-refractivity contribution is 7.09. The molecule has 4 rings (SSSR count). The Morgan fingerprint density at radius 1 is 1.06 bits per heavy atom. The number of nitrogens with one attached hydrogen (secondary N) is 2. The number of carbonyl (C=O) groups is 2. The average Bonchev–Trinajstić information content (AvgIpc) is 3.58. The number of hydrogen-bond acceptors (Lipinski definition) is 5. The molecule has 3 N–H and O–H groups in total. The zero-order chi connectivity index (χ0) is 23.8.